The van der Waals surface area contributed by atoms with Crippen LogP contribution in [0.2, 0.25) is 0 Å². The molecule has 250 valence electrons. The summed E-state index contributed by atoms with van der Waals surface area (Å²) in [6.07, 6.45) is -0.667. The number of thiazole rings is 1. The van der Waals surface area contributed by atoms with E-state index in [1.165, 1.54) is 4.90 Å². The van der Waals surface area contributed by atoms with Crippen molar-refractivity contribution in [2.75, 3.05) is 52.7 Å². The summed E-state index contributed by atoms with van der Waals surface area (Å²) in [6.45, 7) is 12.1. The number of benzene rings is 1. The van der Waals surface area contributed by atoms with Gasteiger partial charge in [0.1, 0.15) is 12.1 Å². The molecule has 1 saturated heterocycles. The number of likely N-dealkylation sites (tertiary alicyclic amines) is 1. The molecule has 3 amide bonds. The third kappa shape index (κ3) is 11.1. The molecular formula is C32H49N5O7S. The lowest BCUT2D eigenvalue weighted by atomic mass is 9.85. The van der Waals surface area contributed by atoms with Crippen molar-refractivity contribution >= 4 is 29.1 Å². The lowest BCUT2D eigenvalue weighted by molar-refractivity contribution is -0.144. The van der Waals surface area contributed by atoms with Crippen molar-refractivity contribution in [1.82, 2.24) is 20.5 Å². The highest BCUT2D eigenvalue weighted by atomic mass is 32.1. The number of carbonyl (C=O) groups is 3. The first-order chi connectivity index (χ1) is 21.4. The van der Waals surface area contributed by atoms with E-state index in [0.29, 0.717) is 39.6 Å². The van der Waals surface area contributed by atoms with Gasteiger partial charge in [0, 0.05) is 25.9 Å². The molecule has 1 aromatic heterocycles. The number of nitrogens with two attached hydrogens (primary N) is 1. The monoisotopic (exact) mass is 647 g/mol. The van der Waals surface area contributed by atoms with E-state index in [0.717, 1.165) is 21.7 Å². The number of aryl methyl sites for hydroxylation is 1. The van der Waals surface area contributed by atoms with Gasteiger partial charge in [-0.25, -0.2) is 4.98 Å². The van der Waals surface area contributed by atoms with Crippen LogP contribution < -0.4 is 16.4 Å². The highest BCUT2D eigenvalue weighted by Crippen LogP contribution is 2.29. The Hall–Kier alpha value is -2.94. The van der Waals surface area contributed by atoms with E-state index < -0.39 is 29.5 Å². The number of hydrogen-bond acceptors (Lipinski definition) is 10. The van der Waals surface area contributed by atoms with Crippen LogP contribution in [0.25, 0.3) is 10.4 Å². The third-order valence-corrected chi connectivity index (χ3v) is 8.52. The third-order valence-electron chi connectivity index (χ3n) is 7.54. The molecule has 0 saturated carbocycles. The minimum Gasteiger partial charge on any atom is -0.391 e. The van der Waals surface area contributed by atoms with Gasteiger partial charge >= 0.3 is 0 Å². The second-order valence-corrected chi connectivity index (χ2v) is 13.1. The Kier molecular flexibility index (Phi) is 14.3. The maximum absolute atomic E-state index is 13.8. The van der Waals surface area contributed by atoms with Crippen LogP contribution in [0.5, 0.6) is 0 Å². The van der Waals surface area contributed by atoms with Crippen LogP contribution in [0.4, 0.5) is 0 Å². The van der Waals surface area contributed by atoms with Gasteiger partial charge in [0.05, 0.1) is 67.9 Å². The lowest BCUT2D eigenvalue weighted by Crippen LogP contribution is -2.58. The predicted molar refractivity (Wildman–Crippen MR) is 172 cm³/mol. The van der Waals surface area contributed by atoms with E-state index in [9.17, 15) is 19.5 Å². The van der Waals surface area contributed by atoms with E-state index in [1.54, 1.807) is 11.3 Å². The fraction of sp³-hybridized carbons (Fsp3) is 0.625. The number of aliphatic hydroxyl groups is 1. The molecule has 45 heavy (non-hydrogen) atoms. The number of nitrogens with zero attached hydrogens (tertiary/aromatic N) is 2. The van der Waals surface area contributed by atoms with Crippen LogP contribution in [-0.2, 0) is 28.6 Å². The van der Waals surface area contributed by atoms with Crippen LogP contribution in [-0.4, -0.2) is 104 Å². The maximum Gasteiger partial charge on any atom is 0.246 e. The Labute approximate surface area is 270 Å². The molecule has 1 fully saturated rings. The molecule has 2 aromatic rings. The second-order valence-electron chi connectivity index (χ2n) is 12.3. The first kappa shape index (κ1) is 36.5. The Morgan fingerprint density at radius 1 is 1.04 bits per heavy atom. The van der Waals surface area contributed by atoms with Crippen LogP contribution in [0.15, 0.2) is 29.8 Å². The molecular weight excluding hydrogens is 598 g/mol. The summed E-state index contributed by atoms with van der Waals surface area (Å²) in [5, 5.41) is 16.3. The van der Waals surface area contributed by atoms with Gasteiger partial charge in [0.15, 0.2) is 0 Å². The fourth-order valence-corrected chi connectivity index (χ4v) is 5.85. The standard InChI is InChI=1S/C32H49N5O7S/c1-21(23-6-8-24(9-7-23)28-22(2)34-20-45-28)35-30(40)26-18-25(38)19-37(26)31(41)29(32(3,4)5)36-27(39)10-12-42-14-16-44-17-15-43-13-11-33/h6-9,20-21,25-26,29,38H,10-19,33H2,1-5H3,(H,35,40)(H,36,39). The molecule has 1 aliphatic heterocycles. The number of nitrogens with one attached hydrogen (secondary N) is 2. The number of hydrogen-bond donors (Lipinski definition) is 4. The largest absolute Gasteiger partial charge is 0.391 e. The Morgan fingerprint density at radius 3 is 2.24 bits per heavy atom. The molecule has 5 N–H and O–H groups in total. The van der Waals surface area contributed by atoms with E-state index in [4.69, 9.17) is 19.9 Å². The summed E-state index contributed by atoms with van der Waals surface area (Å²) in [5.41, 5.74) is 9.47. The molecule has 12 nitrogen and oxygen atoms in total. The van der Waals surface area contributed by atoms with E-state index in [-0.39, 0.29) is 43.8 Å². The fourth-order valence-electron chi connectivity index (χ4n) is 5.04. The average molecular weight is 648 g/mol. The molecule has 0 spiro atoms. The van der Waals surface area contributed by atoms with Gasteiger partial charge in [-0.2, -0.15) is 0 Å². The van der Waals surface area contributed by atoms with Crippen LogP contribution in [0.3, 0.4) is 0 Å². The normalized spacial score (nSPS) is 18.1. The van der Waals surface area contributed by atoms with Gasteiger partial charge in [0.2, 0.25) is 17.7 Å². The minimum absolute atomic E-state index is 0.0109. The number of ether oxygens (including phenoxy) is 3. The van der Waals surface area contributed by atoms with Gasteiger partial charge in [0.25, 0.3) is 0 Å². The number of β-amino-alcohol motifs (C(OH)–C–C–N with tert-alkyl or cyclic N) is 1. The quantitative estimate of drug-likeness (QED) is 0.188. The Bertz CT molecular complexity index is 1230. The Morgan fingerprint density at radius 2 is 1.67 bits per heavy atom. The van der Waals surface area contributed by atoms with Crippen LogP contribution in [0, 0.1) is 12.3 Å². The van der Waals surface area contributed by atoms with Crippen LogP contribution >= 0.6 is 11.3 Å². The average Bonchev–Trinajstić information content (AvgIpc) is 3.61. The molecule has 0 bridgehead atoms. The van der Waals surface area contributed by atoms with Crippen LogP contribution in [0.1, 0.15) is 57.8 Å². The van der Waals surface area contributed by atoms with E-state index >= 15 is 0 Å². The SMILES string of the molecule is Cc1ncsc1-c1ccc(C(C)NC(=O)C2CC(O)CN2C(=O)C(NC(=O)CCOCCOCCOCCN)C(C)(C)C)cc1. The van der Waals surface area contributed by atoms with E-state index in [2.05, 4.69) is 15.6 Å². The first-order valence-electron chi connectivity index (χ1n) is 15.4. The van der Waals surface area contributed by atoms with Crippen molar-refractivity contribution in [2.24, 2.45) is 11.1 Å². The summed E-state index contributed by atoms with van der Waals surface area (Å²) in [4.78, 5) is 46.9. The van der Waals surface area contributed by atoms with Gasteiger partial charge < -0.3 is 40.6 Å². The number of amides is 3. The molecule has 1 aromatic carbocycles. The van der Waals surface area contributed by atoms with Crippen molar-refractivity contribution in [3.8, 4) is 10.4 Å². The lowest BCUT2D eigenvalue weighted by Gasteiger charge is -2.35. The molecule has 0 radical (unpaired) electrons. The van der Waals surface area contributed by atoms with Gasteiger partial charge in [-0.05, 0) is 30.4 Å². The van der Waals surface area contributed by atoms with Gasteiger partial charge in [-0.1, -0.05) is 45.0 Å². The number of rotatable bonds is 17. The van der Waals surface area contributed by atoms with Gasteiger partial charge in [-0.3, -0.25) is 14.4 Å². The highest BCUT2D eigenvalue weighted by Gasteiger charge is 2.44. The number of aromatic nitrogens is 1. The highest BCUT2D eigenvalue weighted by molar-refractivity contribution is 7.13. The van der Waals surface area contributed by atoms with Crippen molar-refractivity contribution in [3.05, 3.63) is 41.0 Å². The zero-order valence-electron chi connectivity index (χ0n) is 27.0. The summed E-state index contributed by atoms with van der Waals surface area (Å²) in [6, 6.07) is 5.86. The number of aliphatic hydroxyl groups excluding tert-OH is 1. The molecule has 1 aliphatic rings. The number of carbonyl (C=O) groups excluding carboxylic acids is 3. The summed E-state index contributed by atoms with van der Waals surface area (Å²) in [7, 11) is 0. The minimum atomic E-state index is -0.900. The summed E-state index contributed by atoms with van der Waals surface area (Å²) < 4.78 is 16.1. The zero-order chi connectivity index (χ0) is 33.0. The second kappa shape index (κ2) is 17.7. The molecule has 4 unspecified atom stereocenters. The summed E-state index contributed by atoms with van der Waals surface area (Å²) in [5.74, 6) is -1.10. The smallest absolute Gasteiger partial charge is 0.246 e. The first-order valence-corrected chi connectivity index (χ1v) is 16.3. The molecule has 2 heterocycles. The summed E-state index contributed by atoms with van der Waals surface area (Å²) >= 11 is 1.58. The predicted octanol–water partition coefficient (Wildman–Crippen LogP) is 2.19. The Balaban J connectivity index is 1.53. The van der Waals surface area contributed by atoms with Crippen molar-refractivity contribution in [3.63, 3.8) is 0 Å². The zero-order valence-corrected chi connectivity index (χ0v) is 27.9. The van der Waals surface area contributed by atoms with E-state index in [1.807, 2.05) is 64.4 Å². The molecule has 3 rings (SSSR count). The molecule has 13 heteroatoms. The maximum atomic E-state index is 13.8. The molecule has 4 atom stereocenters. The topological polar surface area (TPSA) is 165 Å². The van der Waals surface area contributed by atoms with Gasteiger partial charge in [-0.15, -0.1) is 11.3 Å². The van der Waals surface area contributed by atoms with Crippen molar-refractivity contribution < 1.29 is 33.7 Å². The van der Waals surface area contributed by atoms with Crippen molar-refractivity contribution in [2.45, 2.75) is 71.7 Å². The molecule has 0 aliphatic carbocycles. The van der Waals surface area contributed by atoms with Crippen molar-refractivity contribution in [1.29, 1.82) is 0 Å².